The molecule has 0 radical (unpaired) electrons. The van der Waals surface area contributed by atoms with Crippen molar-refractivity contribution in [3.8, 4) is 5.75 Å². The quantitative estimate of drug-likeness (QED) is 0.225. The molecule has 2 aromatic carbocycles. The Labute approximate surface area is 201 Å². The topological polar surface area (TPSA) is 114 Å². The van der Waals surface area contributed by atoms with Gasteiger partial charge < -0.3 is 9.84 Å². The van der Waals surface area contributed by atoms with E-state index in [9.17, 15) is 9.59 Å². The number of ether oxygens (including phenoxy) is 1. The third-order valence-electron chi connectivity index (χ3n) is 3.69. The van der Waals surface area contributed by atoms with Crippen molar-refractivity contribution in [1.29, 1.82) is 0 Å². The molecule has 1 aromatic heterocycles. The molecule has 0 aliphatic carbocycles. The van der Waals surface area contributed by atoms with Gasteiger partial charge in [0.15, 0.2) is 15.3 Å². The van der Waals surface area contributed by atoms with E-state index in [4.69, 9.17) is 21.4 Å². The fraction of sp³-hybridized carbons (Fsp3) is 0.150. The number of hydrogen-bond acceptors (Lipinski definition) is 9. The summed E-state index contributed by atoms with van der Waals surface area (Å²) in [6.07, 6.45) is 1.40. The molecule has 166 valence electrons. The Hall–Kier alpha value is -2.60. The van der Waals surface area contributed by atoms with Gasteiger partial charge in [0.05, 0.1) is 12.0 Å². The van der Waals surface area contributed by atoms with Gasteiger partial charge in [0.25, 0.3) is 5.91 Å². The second-order valence-electron chi connectivity index (χ2n) is 6.02. The van der Waals surface area contributed by atoms with Gasteiger partial charge in [0.1, 0.15) is 5.75 Å². The second kappa shape index (κ2) is 12.4. The van der Waals surface area contributed by atoms with Crippen molar-refractivity contribution in [2.45, 2.75) is 14.4 Å². The Morgan fingerprint density at radius 1 is 1.12 bits per heavy atom. The Morgan fingerprint density at radius 3 is 2.62 bits per heavy atom. The Morgan fingerprint density at radius 2 is 1.84 bits per heavy atom. The molecule has 0 aliphatic rings. The van der Waals surface area contributed by atoms with Crippen LogP contribution in [0.1, 0.15) is 11.1 Å². The van der Waals surface area contributed by atoms with Gasteiger partial charge >= 0.3 is 5.97 Å². The summed E-state index contributed by atoms with van der Waals surface area (Å²) in [5, 5.41) is 21.6. The number of hydrazone groups is 1. The van der Waals surface area contributed by atoms with E-state index in [2.05, 4.69) is 20.7 Å². The van der Waals surface area contributed by atoms with Crippen LogP contribution in [0.5, 0.6) is 5.75 Å². The van der Waals surface area contributed by atoms with Gasteiger partial charge in [0, 0.05) is 16.3 Å². The molecule has 8 nitrogen and oxygen atoms in total. The van der Waals surface area contributed by atoms with Gasteiger partial charge in [-0.25, -0.2) is 10.2 Å². The first-order chi connectivity index (χ1) is 15.5. The lowest BCUT2D eigenvalue weighted by Crippen LogP contribution is -2.19. The fourth-order valence-corrected chi connectivity index (χ4v) is 5.36. The molecule has 3 rings (SSSR count). The maximum absolute atomic E-state index is 12.0. The zero-order valence-electron chi connectivity index (χ0n) is 16.4. The number of benzene rings is 2. The van der Waals surface area contributed by atoms with Crippen molar-refractivity contribution >= 4 is 64.6 Å². The molecule has 0 aliphatic heterocycles. The summed E-state index contributed by atoms with van der Waals surface area (Å²) in [6.45, 7) is -0.464. The van der Waals surface area contributed by atoms with Crippen molar-refractivity contribution in [1.82, 2.24) is 15.6 Å². The molecule has 0 spiro atoms. The number of para-hydroxylation sites is 1. The molecule has 2 N–H and O–H groups in total. The SMILES string of the molecule is O=C(O)COc1ccccc1/C=N\NC(=O)CSc1nnc(SCc2ccccc2Cl)s1. The van der Waals surface area contributed by atoms with E-state index in [1.165, 1.54) is 41.1 Å². The normalized spacial score (nSPS) is 10.9. The van der Waals surface area contributed by atoms with Crippen LogP contribution in [0.4, 0.5) is 0 Å². The van der Waals surface area contributed by atoms with Crippen molar-refractivity contribution in [2.24, 2.45) is 5.10 Å². The summed E-state index contributed by atoms with van der Waals surface area (Å²) in [7, 11) is 0. The average Bonchev–Trinajstić information content (AvgIpc) is 3.24. The number of halogens is 1. The highest BCUT2D eigenvalue weighted by Gasteiger charge is 2.10. The van der Waals surface area contributed by atoms with Crippen LogP contribution in [-0.4, -0.2) is 45.8 Å². The first-order valence-electron chi connectivity index (χ1n) is 9.09. The van der Waals surface area contributed by atoms with Crippen LogP contribution in [0.2, 0.25) is 5.02 Å². The standard InChI is InChI=1S/C20H17ClN4O4S3/c21-15-7-3-1-6-14(15)11-30-19-24-25-20(32-19)31-12-17(26)23-22-9-13-5-2-4-8-16(13)29-10-18(27)28/h1-9H,10-12H2,(H,23,26)(H,27,28)/b22-9-. The van der Waals surface area contributed by atoms with E-state index in [0.717, 1.165) is 9.90 Å². The van der Waals surface area contributed by atoms with Crippen LogP contribution in [0, 0.1) is 0 Å². The van der Waals surface area contributed by atoms with Gasteiger partial charge in [-0.3, -0.25) is 4.79 Å². The third-order valence-corrected chi connectivity index (χ3v) is 7.29. The number of carboxylic acids is 1. The summed E-state index contributed by atoms with van der Waals surface area (Å²) in [6, 6.07) is 14.4. The first-order valence-corrected chi connectivity index (χ1v) is 12.3. The molecule has 0 unspecified atom stereocenters. The highest BCUT2D eigenvalue weighted by atomic mass is 35.5. The van der Waals surface area contributed by atoms with Gasteiger partial charge in [-0.2, -0.15) is 5.10 Å². The molecule has 0 saturated heterocycles. The highest BCUT2D eigenvalue weighted by molar-refractivity contribution is 8.03. The molecule has 1 heterocycles. The van der Waals surface area contributed by atoms with Crippen molar-refractivity contribution < 1.29 is 19.4 Å². The van der Waals surface area contributed by atoms with Crippen LogP contribution in [0.25, 0.3) is 0 Å². The molecule has 32 heavy (non-hydrogen) atoms. The highest BCUT2D eigenvalue weighted by Crippen LogP contribution is 2.32. The van der Waals surface area contributed by atoms with Crippen molar-refractivity contribution in [2.75, 3.05) is 12.4 Å². The van der Waals surface area contributed by atoms with E-state index < -0.39 is 12.6 Å². The van der Waals surface area contributed by atoms with Gasteiger partial charge in [-0.15, -0.1) is 10.2 Å². The molecule has 12 heteroatoms. The number of thioether (sulfide) groups is 2. The molecule has 1 amide bonds. The van der Waals surface area contributed by atoms with E-state index in [-0.39, 0.29) is 11.7 Å². The van der Waals surface area contributed by atoms with Crippen molar-refractivity contribution in [3.05, 3.63) is 64.7 Å². The molecule has 0 fully saturated rings. The summed E-state index contributed by atoms with van der Waals surface area (Å²) >= 11 is 10.4. The number of nitrogens with zero attached hydrogens (tertiary/aromatic N) is 3. The minimum Gasteiger partial charge on any atom is -0.481 e. The number of nitrogens with one attached hydrogen (secondary N) is 1. The predicted molar refractivity (Wildman–Crippen MR) is 127 cm³/mol. The maximum atomic E-state index is 12.0. The summed E-state index contributed by atoms with van der Waals surface area (Å²) in [4.78, 5) is 22.7. The number of hydrogen-bond donors (Lipinski definition) is 2. The van der Waals surface area contributed by atoms with E-state index in [0.29, 0.717) is 26.4 Å². The van der Waals surface area contributed by atoms with Gasteiger partial charge in [-0.05, 0) is 23.8 Å². The number of aliphatic carboxylic acids is 1. The smallest absolute Gasteiger partial charge is 0.341 e. The lowest BCUT2D eigenvalue weighted by atomic mass is 10.2. The zero-order valence-corrected chi connectivity index (χ0v) is 19.6. The monoisotopic (exact) mass is 508 g/mol. The third kappa shape index (κ3) is 7.83. The number of amides is 1. The molecule has 0 bridgehead atoms. The van der Waals surface area contributed by atoms with Gasteiger partial charge in [0.2, 0.25) is 0 Å². The Bertz CT molecular complexity index is 1110. The summed E-state index contributed by atoms with van der Waals surface area (Å²) < 4.78 is 6.66. The van der Waals surface area contributed by atoms with Crippen LogP contribution >= 0.6 is 46.5 Å². The lowest BCUT2D eigenvalue weighted by molar-refractivity contribution is -0.139. The summed E-state index contributed by atoms with van der Waals surface area (Å²) in [5.41, 5.74) is 4.00. The number of rotatable bonds is 11. The fourth-order valence-electron chi connectivity index (χ4n) is 2.26. The Kier molecular flexibility index (Phi) is 9.35. The van der Waals surface area contributed by atoms with E-state index in [1.807, 2.05) is 24.3 Å². The van der Waals surface area contributed by atoms with Crippen LogP contribution in [0.15, 0.2) is 62.3 Å². The largest absolute Gasteiger partial charge is 0.481 e. The number of carboxylic acid groups (broad SMARTS) is 1. The molecule has 0 saturated carbocycles. The minimum atomic E-state index is -1.08. The van der Waals surface area contributed by atoms with Crippen molar-refractivity contribution in [3.63, 3.8) is 0 Å². The molecule has 3 aromatic rings. The predicted octanol–water partition coefficient (Wildman–Crippen LogP) is 4.19. The van der Waals surface area contributed by atoms with Gasteiger partial charge in [-0.1, -0.05) is 76.8 Å². The number of carbonyl (C=O) groups excluding carboxylic acids is 1. The van der Waals surface area contributed by atoms with Crippen LogP contribution < -0.4 is 10.2 Å². The first kappa shape index (κ1) is 24.1. The zero-order chi connectivity index (χ0) is 22.8. The Balaban J connectivity index is 1.44. The molecule has 0 atom stereocenters. The number of aromatic nitrogens is 2. The average molecular weight is 509 g/mol. The number of carbonyl (C=O) groups is 2. The molecular formula is C20H17ClN4O4S3. The minimum absolute atomic E-state index is 0.123. The van der Waals surface area contributed by atoms with Crippen LogP contribution in [-0.2, 0) is 15.3 Å². The maximum Gasteiger partial charge on any atom is 0.341 e. The second-order valence-corrected chi connectivity index (χ2v) is 9.85. The van der Waals surface area contributed by atoms with E-state index >= 15 is 0 Å². The summed E-state index contributed by atoms with van der Waals surface area (Å²) in [5.74, 6) is -0.220. The van der Waals surface area contributed by atoms with Crippen LogP contribution in [0.3, 0.4) is 0 Å². The molecular weight excluding hydrogens is 492 g/mol. The lowest BCUT2D eigenvalue weighted by Gasteiger charge is -2.06. The van der Waals surface area contributed by atoms with E-state index in [1.54, 1.807) is 24.3 Å².